The van der Waals surface area contributed by atoms with Gasteiger partial charge in [0.2, 0.25) is 0 Å². The van der Waals surface area contributed by atoms with Crippen molar-refractivity contribution in [3.8, 4) is 0 Å². The van der Waals surface area contributed by atoms with Crippen LogP contribution in [0.2, 0.25) is 0 Å². The molecular formula is C16H26F2N4O2. The molecule has 1 amide bonds. The highest BCUT2D eigenvalue weighted by Crippen LogP contribution is 2.20. The zero-order valence-corrected chi connectivity index (χ0v) is 14.1. The van der Waals surface area contributed by atoms with E-state index in [0.717, 1.165) is 37.8 Å². The lowest BCUT2D eigenvalue weighted by molar-refractivity contribution is 0.0640. The van der Waals surface area contributed by atoms with Crippen LogP contribution in [0.1, 0.15) is 38.2 Å². The van der Waals surface area contributed by atoms with Crippen LogP contribution in [-0.4, -0.2) is 52.9 Å². The van der Waals surface area contributed by atoms with Crippen LogP contribution in [0.15, 0.2) is 12.4 Å². The summed E-state index contributed by atoms with van der Waals surface area (Å²) >= 11 is 0. The molecule has 8 heteroatoms. The molecule has 136 valence electrons. The minimum Gasteiger partial charge on any atom is -0.448 e. The Balaban J connectivity index is 1.84. The summed E-state index contributed by atoms with van der Waals surface area (Å²) in [4.78, 5) is 13.8. The molecule has 0 bridgehead atoms. The van der Waals surface area contributed by atoms with Gasteiger partial charge in [-0.3, -0.25) is 9.58 Å². The first kappa shape index (κ1) is 18.6. The van der Waals surface area contributed by atoms with Gasteiger partial charge in [-0.05, 0) is 25.8 Å². The van der Waals surface area contributed by atoms with E-state index in [1.165, 1.54) is 4.68 Å². The number of hydrogen-bond donors (Lipinski definition) is 1. The molecule has 2 heterocycles. The van der Waals surface area contributed by atoms with E-state index in [1.54, 1.807) is 12.4 Å². The lowest BCUT2D eigenvalue weighted by atomic mass is 10.0. The van der Waals surface area contributed by atoms with Crippen LogP contribution in [0.3, 0.4) is 0 Å². The number of ether oxygens (including phenoxy) is 1. The first-order chi connectivity index (χ1) is 11.6. The van der Waals surface area contributed by atoms with Crippen molar-refractivity contribution in [2.45, 2.75) is 58.2 Å². The molecule has 1 N–H and O–H groups in total. The summed E-state index contributed by atoms with van der Waals surface area (Å²) in [6.45, 7) is 4.09. The average molecular weight is 344 g/mol. The van der Waals surface area contributed by atoms with Gasteiger partial charge in [-0.2, -0.15) is 5.10 Å². The summed E-state index contributed by atoms with van der Waals surface area (Å²) in [5.41, 5.74) is 0.901. The number of halogens is 2. The molecule has 1 fully saturated rings. The van der Waals surface area contributed by atoms with Gasteiger partial charge in [-0.1, -0.05) is 13.3 Å². The van der Waals surface area contributed by atoms with E-state index in [1.807, 2.05) is 6.92 Å². The number of amides is 1. The van der Waals surface area contributed by atoms with Crippen LogP contribution in [0.4, 0.5) is 13.6 Å². The van der Waals surface area contributed by atoms with E-state index in [4.69, 9.17) is 4.74 Å². The fourth-order valence-electron chi connectivity index (χ4n) is 2.87. The molecular weight excluding hydrogens is 318 g/mol. The number of alkyl halides is 2. The van der Waals surface area contributed by atoms with Crippen LogP contribution in [0.5, 0.6) is 0 Å². The van der Waals surface area contributed by atoms with Gasteiger partial charge in [0.05, 0.1) is 6.20 Å². The van der Waals surface area contributed by atoms with Crippen LogP contribution in [0, 0.1) is 0 Å². The number of nitrogens with one attached hydrogen (secondary N) is 1. The number of carbonyl (C=O) groups excluding carboxylic acids is 1. The van der Waals surface area contributed by atoms with Gasteiger partial charge < -0.3 is 10.1 Å². The second kappa shape index (κ2) is 9.56. The van der Waals surface area contributed by atoms with Crippen LogP contribution in [-0.2, 0) is 17.8 Å². The summed E-state index contributed by atoms with van der Waals surface area (Å²) in [6.07, 6.45) is 4.52. The Labute approximate surface area is 141 Å². The van der Waals surface area contributed by atoms with Crippen molar-refractivity contribution in [3.05, 3.63) is 18.0 Å². The van der Waals surface area contributed by atoms with Crippen LogP contribution >= 0.6 is 0 Å². The monoisotopic (exact) mass is 344 g/mol. The van der Waals surface area contributed by atoms with Crippen molar-refractivity contribution < 1.29 is 18.3 Å². The number of likely N-dealkylation sites (tertiary alicyclic amines) is 1. The fourth-order valence-corrected chi connectivity index (χ4v) is 2.87. The predicted octanol–water partition coefficient (Wildman–Crippen LogP) is 2.64. The standard InChI is InChI=1S/C16H26F2N4O2/c1-2-6-19-16(23)24-12-14-5-3-4-7-21(14)9-13-8-20-22(10-13)11-15(17)18/h8,10,14-15H,2-7,9,11-12H2,1H3,(H,19,23). The van der Waals surface area contributed by atoms with Gasteiger partial charge in [0.25, 0.3) is 6.43 Å². The number of aromatic nitrogens is 2. The second-order valence-electron chi connectivity index (χ2n) is 6.11. The van der Waals surface area contributed by atoms with Gasteiger partial charge in [0.1, 0.15) is 13.2 Å². The summed E-state index contributed by atoms with van der Waals surface area (Å²) < 4.78 is 31.3. The van der Waals surface area contributed by atoms with E-state index < -0.39 is 6.43 Å². The molecule has 1 aliphatic heterocycles. The largest absolute Gasteiger partial charge is 0.448 e. The zero-order valence-electron chi connectivity index (χ0n) is 14.1. The van der Waals surface area contributed by atoms with E-state index in [2.05, 4.69) is 15.3 Å². The Morgan fingerprint density at radius 2 is 2.33 bits per heavy atom. The van der Waals surface area contributed by atoms with Crippen molar-refractivity contribution in [2.24, 2.45) is 0 Å². The predicted molar refractivity (Wildman–Crippen MR) is 85.9 cm³/mol. The van der Waals surface area contributed by atoms with Gasteiger partial charge in [0.15, 0.2) is 0 Å². The number of hydrogen-bond acceptors (Lipinski definition) is 4. The van der Waals surface area contributed by atoms with E-state index >= 15 is 0 Å². The van der Waals surface area contributed by atoms with Crippen molar-refractivity contribution >= 4 is 6.09 Å². The minimum absolute atomic E-state index is 0.157. The maximum absolute atomic E-state index is 12.4. The first-order valence-corrected chi connectivity index (χ1v) is 8.52. The van der Waals surface area contributed by atoms with Gasteiger partial charge >= 0.3 is 6.09 Å². The molecule has 24 heavy (non-hydrogen) atoms. The Morgan fingerprint density at radius 3 is 3.08 bits per heavy atom. The smallest absolute Gasteiger partial charge is 0.407 e. The zero-order chi connectivity index (χ0) is 17.4. The third-order valence-corrected chi connectivity index (χ3v) is 4.07. The summed E-state index contributed by atoms with van der Waals surface area (Å²) in [5.74, 6) is 0. The summed E-state index contributed by atoms with van der Waals surface area (Å²) in [6, 6.07) is 0.157. The average Bonchev–Trinajstić information content (AvgIpc) is 2.98. The van der Waals surface area contributed by atoms with Crippen LogP contribution in [0.25, 0.3) is 0 Å². The molecule has 1 aromatic heterocycles. The third-order valence-electron chi connectivity index (χ3n) is 4.07. The lowest BCUT2D eigenvalue weighted by Crippen LogP contribution is -2.43. The van der Waals surface area contributed by atoms with Crippen LogP contribution < -0.4 is 5.32 Å². The molecule has 1 unspecified atom stereocenters. The molecule has 0 radical (unpaired) electrons. The number of piperidine rings is 1. The van der Waals surface area contributed by atoms with E-state index in [-0.39, 0.29) is 18.7 Å². The minimum atomic E-state index is -2.41. The fraction of sp³-hybridized carbons (Fsp3) is 0.750. The molecule has 1 saturated heterocycles. The quantitative estimate of drug-likeness (QED) is 0.788. The van der Waals surface area contributed by atoms with Crippen molar-refractivity contribution in [3.63, 3.8) is 0 Å². The Bertz CT molecular complexity index is 510. The molecule has 1 atom stereocenters. The highest BCUT2D eigenvalue weighted by molar-refractivity contribution is 5.67. The van der Waals surface area contributed by atoms with Gasteiger partial charge in [-0.25, -0.2) is 13.6 Å². The second-order valence-corrected chi connectivity index (χ2v) is 6.11. The number of rotatable bonds is 8. The van der Waals surface area contributed by atoms with E-state index in [0.29, 0.717) is 19.7 Å². The highest BCUT2D eigenvalue weighted by atomic mass is 19.3. The molecule has 0 saturated carbocycles. The van der Waals surface area contributed by atoms with Gasteiger partial charge in [-0.15, -0.1) is 0 Å². The normalized spacial score (nSPS) is 18.8. The third kappa shape index (κ3) is 6.07. The highest BCUT2D eigenvalue weighted by Gasteiger charge is 2.24. The molecule has 1 aliphatic rings. The maximum atomic E-state index is 12.4. The Morgan fingerprint density at radius 1 is 1.50 bits per heavy atom. The summed E-state index contributed by atoms with van der Waals surface area (Å²) in [5, 5.41) is 6.66. The lowest BCUT2D eigenvalue weighted by Gasteiger charge is -2.34. The Hall–Kier alpha value is -1.70. The SMILES string of the molecule is CCCNC(=O)OCC1CCCCN1Cc1cnn(CC(F)F)c1. The topological polar surface area (TPSA) is 59.4 Å². The number of alkyl carbamates (subject to hydrolysis) is 1. The maximum Gasteiger partial charge on any atom is 0.407 e. The van der Waals surface area contributed by atoms with Gasteiger partial charge in [0, 0.05) is 30.9 Å². The molecule has 2 rings (SSSR count). The van der Waals surface area contributed by atoms with Crippen molar-refractivity contribution in [2.75, 3.05) is 19.7 Å². The number of nitrogens with zero attached hydrogens (tertiary/aromatic N) is 3. The molecule has 0 aliphatic carbocycles. The number of carbonyl (C=O) groups is 1. The molecule has 0 aromatic carbocycles. The molecule has 1 aromatic rings. The Kier molecular flexibility index (Phi) is 7.42. The van der Waals surface area contributed by atoms with E-state index in [9.17, 15) is 13.6 Å². The summed E-state index contributed by atoms with van der Waals surface area (Å²) in [7, 11) is 0. The van der Waals surface area contributed by atoms with Crippen molar-refractivity contribution in [1.82, 2.24) is 20.0 Å². The molecule has 0 spiro atoms. The first-order valence-electron chi connectivity index (χ1n) is 8.52. The van der Waals surface area contributed by atoms with Crippen molar-refractivity contribution in [1.29, 1.82) is 0 Å². The molecule has 6 nitrogen and oxygen atoms in total.